The Labute approximate surface area is 112 Å². The fraction of sp³-hybridized carbons (Fsp3) is 0.500. The van der Waals surface area contributed by atoms with Crippen LogP contribution in [0.25, 0.3) is 11.0 Å². The van der Waals surface area contributed by atoms with Gasteiger partial charge in [0.1, 0.15) is 5.82 Å². The summed E-state index contributed by atoms with van der Waals surface area (Å²) in [6.45, 7) is 4.99. The molecule has 0 amide bonds. The molecule has 0 bridgehead atoms. The van der Waals surface area contributed by atoms with Crippen molar-refractivity contribution in [1.82, 2.24) is 14.9 Å². The second-order valence-corrected chi connectivity index (χ2v) is 4.99. The first-order valence-electron chi connectivity index (χ1n) is 6.54. The molecule has 2 aromatic rings. The zero-order valence-electron chi connectivity index (χ0n) is 11.4. The molecule has 0 aliphatic rings. The van der Waals surface area contributed by atoms with Gasteiger partial charge in [-0.15, -0.1) is 0 Å². The van der Waals surface area contributed by atoms with Gasteiger partial charge in [-0.25, -0.2) is 4.98 Å². The normalized spacial score (nSPS) is 12.2. The monoisotopic (exact) mass is 263 g/mol. The van der Waals surface area contributed by atoms with Crippen molar-refractivity contribution < 1.29 is 10.2 Å². The van der Waals surface area contributed by atoms with Crippen LogP contribution in [0.5, 0.6) is 0 Å². The quantitative estimate of drug-likeness (QED) is 0.724. The first-order chi connectivity index (χ1) is 9.13. The van der Waals surface area contributed by atoms with Gasteiger partial charge in [-0.1, -0.05) is 12.1 Å². The molecule has 5 nitrogen and oxygen atoms in total. The fourth-order valence-corrected chi connectivity index (χ4v) is 2.07. The lowest BCUT2D eigenvalue weighted by molar-refractivity contribution is 0.102. The van der Waals surface area contributed by atoms with E-state index in [9.17, 15) is 10.2 Å². The van der Waals surface area contributed by atoms with Gasteiger partial charge in [0.15, 0.2) is 0 Å². The zero-order valence-corrected chi connectivity index (χ0v) is 11.4. The molecule has 1 heterocycles. The molecule has 0 aliphatic carbocycles. The van der Waals surface area contributed by atoms with E-state index in [0.717, 1.165) is 23.4 Å². The first-order valence-corrected chi connectivity index (χ1v) is 6.54. The Morgan fingerprint density at radius 2 is 1.95 bits per heavy atom. The van der Waals surface area contributed by atoms with Gasteiger partial charge in [0.25, 0.3) is 0 Å². The summed E-state index contributed by atoms with van der Waals surface area (Å²) < 4.78 is 2.14. The summed E-state index contributed by atoms with van der Waals surface area (Å²) in [5, 5.41) is 21.7. The molecule has 104 valence electrons. The summed E-state index contributed by atoms with van der Waals surface area (Å²) in [4.78, 5) is 4.59. The molecule has 2 rings (SSSR count). The van der Waals surface area contributed by atoms with Gasteiger partial charge in [0, 0.05) is 6.54 Å². The molecule has 0 unspecified atom stereocenters. The number of para-hydroxylation sites is 2. The van der Waals surface area contributed by atoms with Crippen LogP contribution in [0.15, 0.2) is 24.3 Å². The van der Waals surface area contributed by atoms with Crippen LogP contribution in [0.3, 0.4) is 0 Å². The lowest BCUT2D eigenvalue weighted by atomic mass is 10.1. The van der Waals surface area contributed by atoms with E-state index in [-0.39, 0.29) is 13.2 Å². The summed E-state index contributed by atoms with van der Waals surface area (Å²) in [6, 6.07) is 8.01. The van der Waals surface area contributed by atoms with Crippen LogP contribution in [0.1, 0.15) is 19.7 Å². The number of aromatic nitrogens is 2. The standard InChI is InChI=1S/C14H21N3O2/c1-3-17-12-7-5-4-6-11(12)16-13(17)8-15-14(2,9-18)10-19/h4-7,15,18-19H,3,8-10H2,1-2H3. The third kappa shape index (κ3) is 2.78. The van der Waals surface area contributed by atoms with Crippen molar-refractivity contribution in [2.45, 2.75) is 32.5 Å². The molecule has 0 spiro atoms. The molecule has 19 heavy (non-hydrogen) atoms. The number of nitrogens with zero attached hydrogens (tertiary/aromatic N) is 2. The molecule has 0 saturated carbocycles. The molecule has 0 fully saturated rings. The van der Waals surface area contributed by atoms with E-state index in [1.54, 1.807) is 6.92 Å². The minimum atomic E-state index is -0.684. The Morgan fingerprint density at radius 3 is 2.58 bits per heavy atom. The molecule has 0 radical (unpaired) electrons. The number of imidazole rings is 1. The molecule has 0 aliphatic heterocycles. The Bertz CT molecular complexity index is 547. The second-order valence-electron chi connectivity index (χ2n) is 4.99. The SMILES string of the molecule is CCn1c(CNC(C)(CO)CO)nc2ccccc21. The summed E-state index contributed by atoms with van der Waals surface area (Å²) in [7, 11) is 0. The van der Waals surface area contributed by atoms with Gasteiger partial charge in [-0.3, -0.25) is 0 Å². The number of nitrogens with one attached hydrogen (secondary N) is 1. The predicted molar refractivity (Wildman–Crippen MR) is 74.8 cm³/mol. The highest BCUT2D eigenvalue weighted by molar-refractivity contribution is 5.75. The lowest BCUT2D eigenvalue weighted by Crippen LogP contribution is -2.48. The molecule has 5 heteroatoms. The van der Waals surface area contributed by atoms with E-state index in [0.29, 0.717) is 6.54 Å². The molecule has 0 saturated heterocycles. The van der Waals surface area contributed by atoms with Crippen molar-refractivity contribution in [3.05, 3.63) is 30.1 Å². The van der Waals surface area contributed by atoms with Gasteiger partial charge in [0.05, 0.1) is 36.3 Å². The maximum Gasteiger partial charge on any atom is 0.123 e. The summed E-state index contributed by atoms with van der Waals surface area (Å²) in [6.07, 6.45) is 0. The minimum absolute atomic E-state index is 0.115. The van der Waals surface area contributed by atoms with E-state index in [1.807, 2.05) is 24.3 Å². The molecule has 3 N–H and O–H groups in total. The number of rotatable bonds is 6. The van der Waals surface area contributed by atoms with Crippen molar-refractivity contribution in [1.29, 1.82) is 0 Å². The van der Waals surface area contributed by atoms with Crippen molar-refractivity contribution in [3.63, 3.8) is 0 Å². The molecular weight excluding hydrogens is 242 g/mol. The topological polar surface area (TPSA) is 70.3 Å². The number of aliphatic hydroxyl groups is 2. The third-order valence-electron chi connectivity index (χ3n) is 3.42. The number of aryl methyl sites for hydroxylation is 1. The molecule has 0 atom stereocenters. The van der Waals surface area contributed by atoms with Crippen LogP contribution < -0.4 is 5.32 Å². The summed E-state index contributed by atoms with van der Waals surface area (Å²) in [5.74, 6) is 0.914. The van der Waals surface area contributed by atoms with Crippen molar-refractivity contribution in [2.24, 2.45) is 0 Å². The van der Waals surface area contributed by atoms with E-state index in [4.69, 9.17) is 0 Å². The number of benzene rings is 1. The van der Waals surface area contributed by atoms with Gasteiger partial charge >= 0.3 is 0 Å². The minimum Gasteiger partial charge on any atom is -0.394 e. The van der Waals surface area contributed by atoms with Crippen molar-refractivity contribution in [3.8, 4) is 0 Å². The van der Waals surface area contributed by atoms with E-state index in [1.165, 1.54) is 0 Å². The van der Waals surface area contributed by atoms with Crippen LogP contribution in [0.2, 0.25) is 0 Å². The van der Waals surface area contributed by atoms with Crippen molar-refractivity contribution in [2.75, 3.05) is 13.2 Å². The predicted octanol–water partition coefficient (Wildman–Crippen LogP) is 0.889. The Hall–Kier alpha value is -1.43. The number of aliphatic hydroxyl groups excluding tert-OH is 2. The summed E-state index contributed by atoms with van der Waals surface area (Å²) in [5.41, 5.74) is 1.39. The maximum absolute atomic E-state index is 9.28. The van der Waals surface area contributed by atoms with Gasteiger partial charge in [-0.05, 0) is 26.0 Å². The Morgan fingerprint density at radius 1 is 1.26 bits per heavy atom. The Kier molecular flexibility index (Phi) is 4.19. The maximum atomic E-state index is 9.28. The Balaban J connectivity index is 2.25. The van der Waals surface area contributed by atoms with E-state index >= 15 is 0 Å². The van der Waals surface area contributed by atoms with Crippen LogP contribution in [0.4, 0.5) is 0 Å². The van der Waals surface area contributed by atoms with Crippen LogP contribution >= 0.6 is 0 Å². The average Bonchev–Trinajstić information content (AvgIpc) is 2.82. The van der Waals surface area contributed by atoms with Gasteiger partial charge in [0.2, 0.25) is 0 Å². The highest BCUT2D eigenvalue weighted by Crippen LogP contribution is 2.16. The summed E-state index contributed by atoms with van der Waals surface area (Å²) >= 11 is 0. The largest absolute Gasteiger partial charge is 0.394 e. The number of hydrogen-bond donors (Lipinski definition) is 3. The van der Waals surface area contributed by atoms with Gasteiger partial charge < -0.3 is 20.1 Å². The second kappa shape index (κ2) is 5.69. The third-order valence-corrected chi connectivity index (χ3v) is 3.42. The zero-order chi connectivity index (χ0) is 13.9. The highest BCUT2D eigenvalue weighted by Gasteiger charge is 2.22. The van der Waals surface area contributed by atoms with Crippen LogP contribution in [0, 0.1) is 0 Å². The average molecular weight is 263 g/mol. The van der Waals surface area contributed by atoms with Crippen LogP contribution in [-0.4, -0.2) is 38.5 Å². The first kappa shape index (κ1) is 14.0. The smallest absolute Gasteiger partial charge is 0.123 e. The van der Waals surface area contributed by atoms with Gasteiger partial charge in [-0.2, -0.15) is 0 Å². The molecule has 1 aromatic carbocycles. The molecule has 1 aromatic heterocycles. The number of hydrogen-bond acceptors (Lipinski definition) is 4. The van der Waals surface area contributed by atoms with Crippen LogP contribution in [-0.2, 0) is 13.1 Å². The van der Waals surface area contributed by atoms with Crippen molar-refractivity contribution >= 4 is 11.0 Å². The lowest BCUT2D eigenvalue weighted by Gasteiger charge is -2.26. The van der Waals surface area contributed by atoms with E-state index in [2.05, 4.69) is 21.8 Å². The number of fused-ring (bicyclic) bond motifs is 1. The highest BCUT2D eigenvalue weighted by atomic mass is 16.3. The molecular formula is C14H21N3O2. The van der Waals surface area contributed by atoms with E-state index < -0.39 is 5.54 Å². The fourth-order valence-electron chi connectivity index (χ4n) is 2.07.